The highest BCUT2D eigenvalue weighted by Crippen LogP contribution is 2.20. The van der Waals surface area contributed by atoms with Gasteiger partial charge in [0.1, 0.15) is 0 Å². The minimum Gasteiger partial charge on any atom is -0.383 e. The van der Waals surface area contributed by atoms with Gasteiger partial charge in [0.15, 0.2) is 5.78 Å². The van der Waals surface area contributed by atoms with E-state index in [4.69, 9.17) is 4.74 Å². The van der Waals surface area contributed by atoms with Gasteiger partial charge in [0.2, 0.25) is 0 Å². The molecule has 0 aromatic rings. The second-order valence-electron chi connectivity index (χ2n) is 4.43. The molecule has 1 aliphatic rings. The maximum absolute atomic E-state index is 11.2. The predicted octanol–water partition coefficient (Wildman–Crippen LogP) is 1.84. The lowest BCUT2D eigenvalue weighted by molar-refractivity contribution is -0.114. The van der Waals surface area contributed by atoms with Gasteiger partial charge in [-0.1, -0.05) is 13.8 Å². The summed E-state index contributed by atoms with van der Waals surface area (Å²) in [6, 6.07) is 0. The maximum atomic E-state index is 11.2. The highest BCUT2D eigenvalue weighted by atomic mass is 16.5. The van der Waals surface area contributed by atoms with Crippen LogP contribution >= 0.6 is 0 Å². The SMILES string of the molecule is COCCN(CC(C)C)C1=CC(=O)CC1. The molecular weight excluding hydrogens is 190 g/mol. The summed E-state index contributed by atoms with van der Waals surface area (Å²) in [6.07, 6.45) is 3.37. The Balaban J connectivity index is 2.54. The van der Waals surface area contributed by atoms with Gasteiger partial charge >= 0.3 is 0 Å². The van der Waals surface area contributed by atoms with E-state index in [1.165, 1.54) is 5.70 Å². The summed E-state index contributed by atoms with van der Waals surface area (Å²) in [5.74, 6) is 0.870. The van der Waals surface area contributed by atoms with E-state index in [1.54, 1.807) is 13.2 Å². The van der Waals surface area contributed by atoms with E-state index >= 15 is 0 Å². The summed E-state index contributed by atoms with van der Waals surface area (Å²) < 4.78 is 5.09. The molecule has 0 radical (unpaired) electrons. The Hall–Kier alpha value is -0.830. The van der Waals surface area contributed by atoms with Crippen LogP contribution in [0.4, 0.5) is 0 Å². The van der Waals surface area contributed by atoms with Crippen molar-refractivity contribution in [2.24, 2.45) is 5.92 Å². The zero-order valence-electron chi connectivity index (χ0n) is 9.95. The molecule has 86 valence electrons. The lowest BCUT2D eigenvalue weighted by Crippen LogP contribution is -2.29. The number of methoxy groups -OCH3 is 1. The van der Waals surface area contributed by atoms with Crippen molar-refractivity contribution in [3.05, 3.63) is 11.8 Å². The fraction of sp³-hybridized carbons (Fsp3) is 0.750. The van der Waals surface area contributed by atoms with Crippen LogP contribution in [0.2, 0.25) is 0 Å². The number of ketones is 1. The number of carbonyl (C=O) groups is 1. The van der Waals surface area contributed by atoms with Crippen LogP contribution in [0.5, 0.6) is 0 Å². The van der Waals surface area contributed by atoms with Gasteiger partial charge in [-0.15, -0.1) is 0 Å². The van der Waals surface area contributed by atoms with Gasteiger partial charge in [-0.25, -0.2) is 0 Å². The zero-order valence-corrected chi connectivity index (χ0v) is 9.95. The Morgan fingerprint density at radius 3 is 2.67 bits per heavy atom. The first-order valence-electron chi connectivity index (χ1n) is 5.60. The second kappa shape index (κ2) is 5.91. The van der Waals surface area contributed by atoms with Crippen molar-refractivity contribution < 1.29 is 9.53 Å². The monoisotopic (exact) mass is 211 g/mol. The van der Waals surface area contributed by atoms with Crippen LogP contribution in [0, 0.1) is 5.92 Å². The molecule has 0 saturated carbocycles. The third-order valence-electron chi connectivity index (χ3n) is 2.51. The van der Waals surface area contributed by atoms with Gasteiger partial charge in [0, 0.05) is 38.4 Å². The highest BCUT2D eigenvalue weighted by molar-refractivity contribution is 5.92. The Labute approximate surface area is 92.1 Å². The third kappa shape index (κ3) is 4.04. The maximum Gasteiger partial charge on any atom is 0.157 e. The summed E-state index contributed by atoms with van der Waals surface area (Å²) in [5, 5.41) is 0. The van der Waals surface area contributed by atoms with Crippen LogP contribution in [0.1, 0.15) is 26.7 Å². The van der Waals surface area contributed by atoms with Crippen molar-refractivity contribution in [1.29, 1.82) is 0 Å². The number of ether oxygens (including phenoxy) is 1. The molecule has 0 aromatic heterocycles. The average Bonchev–Trinajstić information content (AvgIpc) is 2.58. The number of allylic oxidation sites excluding steroid dienone is 2. The molecule has 0 aromatic carbocycles. The highest BCUT2D eigenvalue weighted by Gasteiger charge is 2.18. The molecule has 0 fully saturated rings. The Kier molecular flexibility index (Phi) is 4.82. The van der Waals surface area contributed by atoms with E-state index in [9.17, 15) is 4.79 Å². The van der Waals surface area contributed by atoms with Crippen molar-refractivity contribution >= 4 is 5.78 Å². The molecule has 0 amide bonds. The molecule has 3 heteroatoms. The molecular formula is C12H21NO2. The molecule has 0 aliphatic heterocycles. The van der Waals surface area contributed by atoms with Gasteiger partial charge in [-0.05, 0) is 12.3 Å². The molecule has 0 spiro atoms. The van der Waals surface area contributed by atoms with Crippen LogP contribution in [0.3, 0.4) is 0 Å². The molecule has 1 rings (SSSR count). The van der Waals surface area contributed by atoms with Crippen molar-refractivity contribution in [2.45, 2.75) is 26.7 Å². The number of rotatable bonds is 6. The molecule has 3 nitrogen and oxygen atoms in total. The van der Waals surface area contributed by atoms with E-state index in [-0.39, 0.29) is 5.78 Å². The van der Waals surface area contributed by atoms with Gasteiger partial charge in [0.25, 0.3) is 0 Å². The summed E-state index contributed by atoms with van der Waals surface area (Å²) in [6.45, 7) is 6.99. The quantitative estimate of drug-likeness (QED) is 0.671. The van der Waals surface area contributed by atoms with Gasteiger partial charge in [0.05, 0.1) is 6.61 Å². The minimum atomic E-state index is 0.260. The van der Waals surface area contributed by atoms with E-state index in [0.717, 1.165) is 26.1 Å². The lowest BCUT2D eigenvalue weighted by atomic mass is 10.2. The molecule has 0 bridgehead atoms. The van der Waals surface area contributed by atoms with Crippen LogP contribution < -0.4 is 0 Å². The van der Waals surface area contributed by atoms with Gasteiger partial charge in [-0.2, -0.15) is 0 Å². The Bertz CT molecular complexity index is 246. The van der Waals surface area contributed by atoms with Crippen molar-refractivity contribution in [1.82, 2.24) is 4.90 Å². The van der Waals surface area contributed by atoms with Crippen LogP contribution in [-0.4, -0.2) is 37.5 Å². The van der Waals surface area contributed by atoms with E-state index in [1.807, 2.05) is 0 Å². The predicted molar refractivity (Wildman–Crippen MR) is 60.6 cm³/mol. The Morgan fingerprint density at radius 2 is 2.20 bits per heavy atom. The van der Waals surface area contributed by atoms with Crippen LogP contribution in [0.25, 0.3) is 0 Å². The molecule has 15 heavy (non-hydrogen) atoms. The van der Waals surface area contributed by atoms with Crippen molar-refractivity contribution in [2.75, 3.05) is 26.8 Å². The van der Waals surface area contributed by atoms with Crippen molar-refractivity contribution in [3.63, 3.8) is 0 Å². The van der Waals surface area contributed by atoms with E-state index in [0.29, 0.717) is 12.3 Å². The van der Waals surface area contributed by atoms with E-state index in [2.05, 4.69) is 18.7 Å². The summed E-state index contributed by atoms with van der Waals surface area (Å²) in [5.41, 5.74) is 1.19. The van der Waals surface area contributed by atoms with Crippen LogP contribution in [-0.2, 0) is 9.53 Å². The number of nitrogens with zero attached hydrogens (tertiary/aromatic N) is 1. The first-order valence-corrected chi connectivity index (χ1v) is 5.60. The second-order valence-corrected chi connectivity index (χ2v) is 4.43. The van der Waals surface area contributed by atoms with Gasteiger partial charge < -0.3 is 9.64 Å². The van der Waals surface area contributed by atoms with E-state index < -0.39 is 0 Å². The lowest BCUT2D eigenvalue weighted by Gasteiger charge is -2.27. The standard InChI is InChI=1S/C12H21NO2/c1-10(2)9-13(6-7-15-3)11-4-5-12(14)8-11/h8,10H,4-7,9H2,1-3H3. The van der Waals surface area contributed by atoms with Crippen molar-refractivity contribution in [3.8, 4) is 0 Å². The fourth-order valence-corrected chi connectivity index (χ4v) is 1.83. The molecule has 0 N–H and O–H groups in total. The first kappa shape index (κ1) is 12.2. The average molecular weight is 211 g/mol. The molecule has 1 aliphatic carbocycles. The number of hydrogen-bond acceptors (Lipinski definition) is 3. The molecule has 0 heterocycles. The zero-order chi connectivity index (χ0) is 11.3. The first-order chi connectivity index (χ1) is 7.13. The molecule has 0 atom stereocenters. The molecule has 0 saturated heterocycles. The van der Waals surface area contributed by atoms with Crippen LogP contribution in [0.15, 0.2) is 11.8 Å². The fourth-order valence-electron chi connectivity index (χ4n) is 1.83. The summed E-state index contributed by atoms with van der Waals surface area (Å²) >= 11 is 0. The largest absolute Gasteiger partial charge is 0.383 e. The molecule has 0 unspecified atom stereocenters. The summed E-state index contributed by atoms with van der Waals surface area (Å²) in [7, 11) is 1.71. The topological polar surface area (TPSA) is 29.5 Å². The number of carbonyl (C=O) groups excluding carboxylic acids is 1. The number of hydrogen-bond donors (Lipinski definition) is 0. The third-order valence-corrected chi connectivity index (χ3v) is 2.51. The minimum absolute atomic E-state index is 0.260. The Morgan fingerprint density at radius 1 is 1.47 bits per heavy atom. The van der Waals surface area contributed by atoms with Gasteiger partial charge in [-0.3, -0.25) is 4.79 Å². The normalized spacial score (nSPS) is 16.0. The smallest absolute Gasteiger partial charge is 0.157 e. The summed E-state index contributed by atoms with van der Waals surface area (Å²) in [4.78, 5) is 13.5.